The van der Waals surface area contributed by atoms with Gasteiger partial charge in [0.15, 0.2) is 5.82 Å². The molecule has 2 aromatic rings. The predicted octanol–water partition coefficient (Wildman–Crippen LogP) is 2.93. The highest BCUT2D eigenvalue weighted by atomic mass is 16.5. The molecule has 0 saturated heterocycles. The molecule has 154 valence electrons. The van der Waals surface area contributed by atoms with Gasteiger partial charge in [0.25, 0.3) is 0 Å². The SMILES string of the molecule is Cc1cc(N=CC(=CN)CNCCc2ccc3c(c2C)COC3=O)nc(C)c1C#N. The third-order valence-corrected chi connectivity index (χ3v) is 5.25. The van der Waals surface area contributed by atoms with Crippen LogP contribution < -0.4 is 11.1 Å². The molecule has 0 radical (unpaired) electrons. The third kappa shape index (κ3) is 4.56. The van der Waals surface area contributed by atoms with Gasteiger partial charge in [0.05, 0.1) is 16.8 Å². The lowest BCUT2D eigenvalue weighted by Gasteiger charge is -2.10. The zero-order chi connectivity index (χ0) is 21.7. The lowest BCUT2D eigenvalue weighted by molar-refractivity contribution is 0.0535. The molecule has 0 spiro atoms. The fourth-order valence-electron chi connectivity index (χ4n) is 3.47. The normalized spacial score (nSPS) is 13.4. The molecule has 0 saturated carbocycles. The lowest BCUT2D eigenvalue weighted by atomic mass is 9.97. The van der Waals surface area contributed by atoms with Crippen molar-refractivity contribution < 1.29 is 9.53 Å². The standard InChI is InChI=1S/C23H25N5O2/c1-14-8-22(28-16(3)20(14)10-25)27-12-17(9-24)11-26-7-6-18-4-5-19-21(15(18)2)13-30-23(19)29/h4-5,8-9,12,26H,6-7,11,13,24H2,1-3H3. The van der Waals surface area contributed by atoms with E-state index < -0.39 is 0 Å². The maximum absolute atomic E-state index is 11.6. The molecule has 0 aliphatic carbocycles. The van der Waals surface area contributed by atoms with Gasteiger partial charge in [-0.05, 0) is 74.3 Å². The number of benzene rings is 1. The van der Waals surface area contributed by atoms with Crippen LogP contribution in [0.5, 0.6) is 0 Å². The van der Waals surface area contributed by atoms with Crippen LogP contribution in [0.2, 0.25) is 0 Å². The number of fused-ring (bicyclic) bond motifs is 1. The first-order valence-electron chi connectivity index (χ1n) is 9.77. The number of aromatic nitrogens is 1. The molecule has 0 amide bonds. The van der Waals surface area contributed by atoms with Gasteiger partial charge in [0.2, 0.25) is 0 Å². The molecule has 3 N–H and O–H groups in total. The molecular weight excluding hydrogens is 378 g/mol. The minimum absolute atomic E-state index is 0.239. The zero-order valence-electron chi connectivity index (χ0n) is 17.5. The summed E-state index contributed by atoms with van der Waals surface area (Å²) in [5.41, 5.74) is 12.7. The Morgan fingerprint density at radius 1 is 1.40 bits per heavy atom. The quantitative estimate of drug-likeness (QED) is 0.417. The van der Waals surface area contributed by atoms with Crippen molar-refractivity contribution in [2.24, 2.45) is 10.7 Å². The van der Waals surface area contributed by atoms with Crippen LogP contribution in [0.25, 0.3) is 0 Å². The number of carbonyl (C=O) groups excluding carboxylic acids is 1. The van der Waals surface area contributed by atoms with Crippen molar-refractivity contribution in [1.82, 2.24) is 10.3 Å². The van der Waals surface area contributed by atoms with Gasteiger partial charge in [-0.1, -0.05) is 6.07 Å². The van der Waals surface area contributed by atoms with Crippen LogP contribution in [0.15, 0.2) is 35.0 Å². The summed E-state index contributed by atoms with van der Waals surface area (Å²) in [7, 11) is 0. The second-order valence-electron chi connectivity index (χ2n) is 7.25. The van der Waals surface area contributed by atoms with Crippen molar-refractivity contribution >= 4 is 18.0 Å². The zero-order valence-corrected chi connectivity index (χ0v) is 17.5. The number of pyridine rings is 1. The van der Waals surface area contributed by atoms with Crippen LogP contribution >= 0.6 is 0 Å². The number of nitrogens with zero attached hydrogens (tertiary/aromatic N) is 3. The van der Waals surface area contributed by atoms with Crippen LogP contribution in [-0.4, -0.2) is 30.3 Å². The highest BCUT2D eigenvalue weighted by Crippen LogP contribution is 2.26. The number of cyclic esters (lactones) is 1. The van der Waals surface area contributed by atoms with Crippen LogP contribution in [-0.2, 0) is 17.8 Å². The average molecular weight is 403 g/mol. The number of carbonyl (C=O) groups is 1. The van der Waals surface area contributed by atoms with E-state index in [1.807, 2.05) is 26.0 Å². The Morgan fingerprint density at radius 2 is 2.20 bits per heavy atom. The molecule has 0 bridgehead atoms. The number of nitrogens with two attached hydrogens (primary N) is 1. The largest absolute Gasteiger partial charge is 0.457 e. The molecule has 1 aliphatic heterocycles. The summed E-state index contributed by atoms with van der Waals surface area (Å²) >= 11 is 0. The predicted molar refractivity (Wildman–Crippen MR) is 116 cm³/mol. The average Bonchev–Trinajstić information content (AvgIpc) is 3.10. The van der Waals surface area contributed by atoms with E-state index in [0.717, 1.165) is 35.2 Å². The van der Waals surface area contributed by atoms with E-state index in [9.17, 15) is 4.79 Å². The van der Waals surface area contributed by atoms with Gasteiger partial charge in [0, 0.05) is 18.3 Å². The van der Waals surface area contributed by atoms with Gasteiger partial charge in [-0.15, -0.1) is 0 Å². The number of aryl methyl sites for hydroxylation is 2. The molecule has 7 heteroatoms. The number of aliphatic imine (C=N–C) groups is 1. The summed E-state index contributed by atoms with van der Waals surface area (Å²) in [6, 6.07) is 7.78. The maximum atomic E-state index is 11.6. The number of hydrogen-bond acceptors (Lipinski definition) is 7. The lowest BCUT2D eigenvalue weighted by Crippen LogP contribution is -2.21. The molecule has 2 heterocycles. The number of rotatable bonds is 7. The van der Waals surface area contributed by atoms with Crippen LogP contribution in [0.3, 0.4) is 0 Å². The summed E-state index contributed by atoms with van der Waals surface area (Å²) in [5.74, 6) is 0.311. The van der Waals surface area contributed by atoms with E-state index >= 15 is 0 Å². The van der Waals surface area contributed by atoms with Crippen molar-refractivity contribution in [3.8, 4) is 6.07 Å². The van der Waals surface area contributed by atoms with Crippen LogP contribution in [0.1, 0.15) is 43.9 Å². The number of hydrogen-bond donors (Lipinski definition) is 2. The highest BCUT2D eigenvalue weighted by Gasteiger charge is 2.23. The molecule has 3 rings (SSSR count). The molecule has 30 heavy (non-hydrogen) atoms. The van der Waals surface area contributed by atoms with E-state index in [-0.39, 0.29) is 5.97 Å². The molecule has 7 nitrogen and oxygen atoms in total. The minimum Gasteiger partial charge on any atom is -0.457 e. The monoisotopic (exact) mass is 403 g/mol. The van der Waals surface area contributed by atoms with Gasteiger partial charge in [-0.2, -0.15) is 5.26 Å². The van der Waals surface area contributed by atoms with E-state index in [1.54, 1.807) is 19.2 Å². The van der Waals surface area contributed by atoms with Gasteiger partial charge in [-0.3, -0.25) is 0 Å². The number of esters is 1. The fraction of sp³-hybridized carbons (Fsp3) is 0.304. The van der Waals surface area contributed by atoms with Gasteiger partial charge < -0.3 is 15.8 Å². The Labute approximate surface area is 176 Å². The third-order valence-electron chi connectivity index (χ3n) is 5.25. The molecule has 1 aromatic heterocycles. The van der Waals surface area contributed by atoms with E-state index in [0.29, 0.717) is 35.8 Å². The first-order chi connectivity index (χ1) is 14.4. The summed E-state index contributed by atoms with van der Waals surface area (Å²) in [5, 5.41) is 12.5. The van der Waals surface area contributed by atoms with E-state index in [4.69, 9.17) is 15.7 Å². The summed E-state index contributed by atoms with van der Waals surface area (Å²) in [6.45, 7) is 7.39. The smallest absolute Gasteiger partial charge is 0.338 e. The highest BCUT2D eigenvalue weighted by molar-refractivity contribution is 5.93. The van der Waals surface area contributed by atoms with Crippen LogP contribution in [0.4, 0.5) is 5.82 Å². The summed E-state index contributed by atoms with van der Waals surface area (Å²) in [6.07, 6.45) is 4.03. The molecule has 0 atom stereocenters. The van der Waals surface area contributed by atoms with Gasteiger partial charge >= 0.3 is 5.97 Å². The number of ether oxygens (including phenoxy) is 1. The Morgan fingerprint density at radius 3 is 2.90 bits per heavy atom. The number of nitrogens with one attached hydrogen (secondary N) is 1. The molecule has 0 unspecified atom stereocenters. The van der Waals surface area contributed by atoms with Gasteiger partial charge in [-0.25, -0.2) is 14.8 Å². The Balaban J connectivity index is 1.55. The minimum atomic E-state index is -0.239. The second-order valence-corrected chi connectivity index (χ2v) is 7.25. The van der Waals surface area contributed by atoms with Crippen molar-refractivity contribution in [1.29, 1.82) is 5.26 Å². The topological polar surface area (TPSA) is 113 Å². The molecular formula is C23H25N5O2. The van der Waals surface area contributed by atoms with Crippen molar-refractivity contribution in [3.05, 3.63) is 69.0 Å². The number of nitriles is 1. The van der Waals surface area contributed by atoms with Crippen molar-refractivity contribution in [3.63, 3.8) is 0 Å². The van der Waals surface area contributed by atoms with Gasteiger partial charge in [0.1, 0.15) is 12.7 Å². The molecule has 1 aliphatic rings. The van der Waals surface area contributed by atoms with Crippen LogP contribution in [0, 0.1) is 32.1 Å². The Bertz CT molecular complexity index is 1060. The first-order valence-corrected chi connectivity index (χ1v) is 9.77. The van der Waals surface area contributed by atoms with Crippen molar-refractivity contribution in [2.45, 2.75) is 33.8 Å². The molecule has 0 fully saturated rings. The summed E-state index contributed by atoms with van der Waals surface area (Å²) in [4.78, 5) is 20.4. The van der Waals surface area contributed by atoms with E-state index in [1.165, 1.54) is 11.8 Å². The Kier molecular flexibility index (Phi) is 6.60. The molecule has 1 aromatic carbocycles. The van der Waals surface area contributed by atoms with Crippen molar-refractivity contribution in [2.75, 3.05) is 13.1 Å². The Hall–Kier alpha value is -3.50. The first kappa shape index (κ1) is 21.2. The maximum Gasteiger partial charge on any atom is 0.338 e. The fourth-order valence-corrected chi connectivity index (χ4v) is 3.47. The van der Waals surface area contributed by atoms with E-state index in [2.05, 4.69) is 21.4 Å². The second kappa shape index (κ2) is 9.33. The summed E-state index contributed by atoms with van der Waals surface area (Å²) < 4.78 is 5.11.